The number of oxazole rings is 1. The predicted molar refractivity (Wildman–Crippen MR) is 108 cm³/mol. The second kappa shape index (κ2) is 8.55. The molecular weight excluding hydrogens is 338 g/mol. The molecule has 142 valence electrons. The van der Waals surface area contributed by atoms with Crippen LogP contribution in [0.4, 0.5) is 0 Å². The summed E-state index contributed by atoms with van der Waals surface area (Å²) >= 11 is 0. The van der Waals surface area contributed by atoms with Crippen LogP contribution < -0.4 is 5.76 Å². The van der Waals surface area contributed by atoms with E-state index in [-0.39, 0.29) is 5.76 Å². The number of aryl methyl sites for hydroxylation is 1. The summed E-state index contributed by atoms with van der Waals surface area (Å²) in [6.07, 6.45) is 2.10. The number of unbranched alkanes of at least 4 members (excludes halogenated alkanes) is 1. The first-order valence-corrected chi connectivity index (χ1v) is 9.86. The summed E-state index contributed by atoms with van der Waals surface area (Å²) in [7, 11) is 0. The van der Waals surface area contributed by atoms with Gasteiger partial charge >= 0.3 is 5.76 Å². The molecule has 1 aliphatic heterocycles. The number of rotatable bonds is 7. The highest BCUT2D eigenvalue weighted by atomic mass is 16.4. The SMILES string of the molecule is O=c1oc2ccccc2n1CCCCN1CCN(Cc2ccccc2)CC1. The molecule has 5 nitrogen and oxygen atoms in total. The summed E-state index contributed by atoms with van der Waals surface area (Å²) in [5.41, 5.74) is 2.97. The summed E-state index contributed by atoms with van der Waals surface area (Å²) in [6, 6.07) is 18.3. The van der Waals surface area contributed by atoms with E-state index in [0.29, 0.717) is 5.58 Å². The van der Waals surface area contributed by atoms with Crippen LogP contribution in [0.15, 0.2) is 63.8 Å². The maximum atomic E-state index is 12.0. The van der Waals surface area contributed by atoms with Crippen LogP contribution in [-0.2, 0) is 13.1 Å². The Morgan fingerprint density at radius 1 is 0.778 bits per heavy atom. The molecule has 0 amide bonds. The van der Waals surface area contributed by atoms with Crippen LogP contribution in [0.3, 0.4) is 0 Å². The van der Waals surface area contributed by atoms with Crippen molar-refractivity contribution in [2.45, 2.75) is 25.9 Å². The lowest BCUT2D eigenvalue weighted by molar-refractivity contribution is 0.125. The van der Waals surface area contributed by atoms with Crippen molar-refractivity contribution >= 4 is 11.1 Å². The molecule has 1 aromatic heterocycles. The third-order valence-electron chi connectivity index (χ3n) is 5.39. The number of hydrogen-bond acceptors (Lipinski definition) is 4. The molecule has 0 aliphatic carbocycles. The van der Waals surface area contributed by atoms with Crippen LogP contribution in [0.5, 0.6) is 0 Å². The summed E-state index contributed by atoms with van der Waals surface area (Å²) in [5.74, 6) is -0.245. The number of nitrogens with zero attached hydrogens (tertiary/aromatic N) is 3. The van der Waals surface area contributed by atoms with Crippen LogP contribution in [0.1, 0.15) is 18.4 Å². The molecule has 0 unspecified atom stereocenters. The second-order valence-corrected chi connectivity index (χ2v) is 7.30. The van der Waals surface area contributed by atoms with Gasteiger partial charge < -0.3 is 9.32 Å². The van der Waals surface area contributed by atoms with Gasteiger partial charge in [0.15, 0.2) is 5.58 Å². The van der Waals surface area contributed by atoms with Gasteiger partial charge in [0.25, 0.3) is 0 Å². The molecule has 0 saturated carbocycles. The monoisotopic (exact) mass is 365 g/mol. The molecule has 1 saturated heterocycles. The number of benzene rings is 2. The smallest absolute Gasteiger partial charge is 0.408 e. The van der Waals surface area contributed by atoms with E-state index >= 15 is 0 Å². The number of hydrogen-bond donors (Lipinski definition) is 0. The van der Waals surface area contributed by atoms with Gasteiger partial charge in [-0.3, -0.25) is 9.47 Å². The van der Waals surface area contributed by atoms with Crippen LogP contribution in [0.2, 0.25) is 0 Å². The van der Waals surface area contributed by atoms with Gasteiger partial charge in [0, 0.05) is 39.3 Å². The van der Waals surface area contributed by atoms with E-state index in [1.807, 2.05) is 24.3 Å². The molecule has 4 rings (SSSR count). The molecule has 0 N–H and O–H groups in total. The molecule has 2 heterocycles. The van der Waals surface area contributed by atoms with Gasteiger partial charge in [-0.05, 0) is 37.1 Å². The Kier molecular flexibility index (Phi) is 5.70. The molecule has 3 aromatic rings. The summed E-state index contributed by atoms with van der Waals surface area (Å²) in [4.78, 5) is 17.1. The van der Waals surface area contributed by atoms with E-state index in [9.17, 15) is 4.79 Å². The Morgan fingerprint density at radius 2 is 1.44 bits per heavy atom. The normalized spacial score (nSPS) is 16.1. The highest BCUT2D eigenvalue weighted by molar-refractivity contribution is 5.72. The molecule has 0 spiro atoms. The molecule has 1 aliphatic rings. The molecule has 0 radical (unpaired) electrons. The van der Waals surface area contributed by atoms with Gasteiger partial charge in [-0.25, -0.2) is 4.79 Å². The maximum Gasteiger partial charge on any atom is 0.419 e. The Morgan fingerprint density at radius 3 is 2.26 bits per heavy atom. The van der Waals surface area contributed by atoms with Crippen molar-refractivity contribution in [2.75, 3.05) is 32.7 Å². The topological polar surface area (TPSA) is 41.6 Å². The summed E-state index contributed by atoms with van der Waals surface area (Å²) < 4.78 is 7.06. The fraction of sp³-hybridized carbons (Fsp3) is 0.409. The van der Waals surface area contributed by atoms with E-state index in [0.717, 1.165) is 64.2 Å². The molecule has 0 atom stereocenters. The van der Waals surface area contributed by atoms with E-state index in [1.54, 1.807) is 4.57 Å². The Labute approximate surface area is 159 Å². The van der Waals surface area contributed by atoms with Crippen molar-refractivity contribution < 1.29 is 4.42 Å². The van der Waals surface area contributed by atoms with Gasteiger partial charge in [-0.15, -0.1) is 0 Å². The third-order valence-corrected chi connectivity index (χ3v) is 5.39. The fourth-order valence-electron chi connectivity index (χ4n) is 3.84. The van der Waals surface area contributed by atoms with Gasteiger partial charge in [-0.1, -0.05) is 42.5 Å². The van der Waals surface area contributed by atoms with Crippen LogP contribution in [0, 0.1) is 0 Å². The van der Waals surface area contributed by atoms with Gasteiger partial charge in [0.2, 0.25) is 0 Å². The highest BCUT2D eigenvalue weighted by Gasteiger charge is 2.16. The Hall–Kier alpha value is -2.37. The van der Waals surface area contributed by atoms with Crippen molar-refractivity contribution in [3.8, 4) is 0 Å². The first-order valence-electron chi connectivity index (χ1n) is 9.86. The van der Waals surface area contributed by atoms with Crippen molar-refractivity contribution in [1.82, 2.24) is 14.4 Å². The van der Waals surface area contributed by atoms with E-state index in [4.69, 9.17) is 4.42 Å². The lowest BCUT2D eigenvalue weighted by Crippen LogP contribution is -2.46. The molecule has 1 fully saturated rings. The highest BCUT2D eigenvalue weighted by Crippen LogP contribution is 2.13. The molecular formula is C22H27N3O2. The van der Waals surface area contributed by atoms with Crippen molar-refractivity contribution in [3.05, 3.63) is 70.7 Å². The predicted octanol–water partition coefficient (Wildman–Crippen LogP) is 3.19. The Bertz CT molecular complexity index is 908. The minimum absolute atomic E-state index is 0.245. The fourth-order valence-corrected chi connectivity index (χ4v) is 3.84. The summed E-state index contributed by atoms with van der Waals surface area (Å²) in [6.45, 7) is 7.38. The van der Waals surface area contributed by atoms with Gasteiger partial charge in [0.05, 0.1) is 5.52 Å². The van der Waals surface area contributed by atoms with Crippen LogP contribution >= 0.6 is 0 Å². The van der Waals surface area contributed by atoms with Crippen molar-refractivity contribution in [3.63, 3.8) is 0 Å². The van der Waals surface area contributed by atoms with Crippen molar-refractivity contribution in [1.29, 1.82) is 0 Å². The minimum atomic E-state index is -0.245. The lowest BCUT2D eigenvalue weighted by atomic mass is 10.2. The van der Waals surface area contributed by atoms with Crippen LogP contribution in [0.25, 0.3) is 11.1 Å². The maximum absolute atomic E-state index is 12.0. The average Bonchev–Trinajstić information content (AvgIpc) is 3.02. The van der Waals surface area contributed by atoms with Gasteiger partial charge in [-0.2, -0.15) is 0 Å². The average molecular weight is 365 g/mol. The van der Waals surface area contributed by atoms with E-state index in [1.165, 1.54) is 5.56 Å². The van der Waals surface area contributed by atoms with Crippen molar-refractivity contribution in [2.24, 2.45) is 0 Å². The zero-order valence-electron chi connectivity index (χ0n) is 15.7. The van der Waals surface area contributed by atoms with E-state index in [2.05, 4.69) is 40.1 Å². The van der Waals surface area contributed by atoms with E-state index < -0.39 is 0 Å². The standard InChI is InChI=1S/C22H27N3O2/c26-22-25(20-10-4-5-11-21(20)27-22)13-7-6-12-23-14-16-24(17-15-23)18-19-8-2-1-3-9-19/h1-5,8-11H,6-7,12-18H2. The molecule has 5 heteroatoms. The minimum Gasteiger partial charge on any atom is -0.408 e. The second-order valence-electron chi connectivity index (χ2n) is 7.30. The lowest BCUT2D eigenvalue weighted by Gasteiger charge is -2.34. The zero-order chi connectivity index (χ0) is 18.5. The number of piperazine rings is 1. The molecule has 2 aromatic carbocycles. The first-order chi connectivity index (χ1) is 13.3. The largest absolute Gasteiger partial charge is 0.419 e. The first kappa shape index (κ1) is 18.0. The van der Waals surface area contributed by atoms with Crippen LogP contribution in [-0.4, -0.2) is 47.1 Å². The molecule has 0 bridgehead atoms. The summed E-state index contributed by atoms with van der Waals surface area (Å²) in [5, 5.41) is 0. The number of aromatic nitrogens is 1. The van der Waals surface area contributed by atoms with Gasteiger partial charge in [0.1, 0.15) is 0 Å². The number of fused-ring (bicyclic) bond motifs is 1. The quantitative estimate of drug-likeness (QED) is 0.603. The molecule has 27 heavy (non-hydrogen) atoms. The number of para-hydroxylation sites is 2. The third kappa shape index (κ3) is 4.49. The zero-order valence-corrected chi connectivity index (χ0v) is 15.7. The Balaban J connectivity index is 1.19.